The highest BCUT2D eigenvalue weighted by atomic mass is 35.5. The summed E-state index contributed by atoms with van der Waals surface area (Å²) in [7, 11) is 1.97. The zero-order chi connectivity index (χ0) is 9.68. The van der Waals surface area contributed by atoms with Gasteiger partial charge in [-0.2, -0.15) is 0 Å². The molecule has 0 saturated carbocycles. The van der Waals surface area contributed by atoms with Crippen molar-refractivity contribution >= 4 is 17.5 Å². The quantitative estimate of drug-likeness (QED) is 0.691. The number of piperidine rings is 1. The molecule has 1 rings (SSSR count). The summed E-state index contributed by atoms with van der Waals surface area (Å²) in [4.78, 5) is 13.3. The van der Waals surface area contributed by atoms with Gasteiger partial charge in [0.05, 0.1) is 0 Å². The minimum Gasteiger partial charge on any atom is -0.343 e. The van der Waals surface area contributed by atoms with Gasteiger partial charge in [0.1, 0.15) is 0 Å². The molecule has 0 atom stereocenters. The first kappa shape index (κ1) is 10.8. The summed E-state index contributed by atoms with van der Waals surface area (Å²) in [6.07, 6.45) is 2.60. The maximum atomic E-state index is 11.4. The normalized spacial score (nSPS) is 19.1. The van der Waals surface area contributed by atoms with Crippen LogP contribution in [0.2, 0.25) is 0 Å². The molecule has 0 spiro atoms. The Labute approximate surface area is 84.4 Å². The van der Waals surface area contributed by atoms with Gasteiger partial charge in [-0.05, 0) is 19.9 Å². The van der Waals surface area contributed by atoms with Crippen molar-refractivity contribution in [1.82, 2.24) is 10.2 Å². The Morgan fingerprint density at radius 1 is 1.54 bits per heavy atom. The van der Waals surface area contributed by atoms with Crippen LogP contribution in [-0.4, -0.2) is 42.9 Å². The third-order valence-electron chi connectivity index (χ3n) is 2.56. The predicted octanol–water partition coefficient (Wildman–Crippen LogP) is 0.826. The van der Waals surface area contributed by atoms with E-state index in [2.05, 4.69) is 5.32 Å². The number of carbonyl (C=O) groups is 1. The van der Waals surface area contributed by atoms with Gasteiger partial charge < -0.3 is 10.2 Å². The average Bonchev–Trinajstić information content (AvgIpc) is 2.18. The van der Waals surface area contributed by atoms with E-state index < -0.39 is 0 Å². The summed E-state index contributed by atoms with van der Waals surface area (Å²) < 4.78 is 0. The van der Waals surface area contributed by atoms with E-state index in [9.17, 15) is 4.79 Å². The number of hydrogen-bond acceptors (Lipinski definition) is 2. The lowest BCUT2D eigenvalue weighted by Crippen LogP contribution is -2.43. The highest BCUT2D eigenvalue weighted by Gasteiger charge is 2.20. The fraction of sp³-hybridized carbons (Fsp3) is 0.889. The molecule has 13 heavy (non-hydrogen) atoms. The molecule has 1 aliphatic heterocycles. The first-order valence-corrected chi connectivity index (χ1v) is 5.32. The van der Waals surface area contributed by atoms with Gasteiger partial charge in [0.2, 0.25) is 5.91 Å². The van der Waals surface area contributed by atoms with Crippen LogP contribution in [0.4, 0.5) is 0 Å². The monoisotopic (exact) mass is 204 g/mol. The Kier molecular flexibility index (Phi) is 4.53. The maximum Gasteiger partial charge on any atom is 0.223 e. The van der Waals surface area contributed by atoms with Crippen LogP contribution in [0.15, 0.2) is 0 Å². The van der Waals surface area contributed by atoms with Crippen LogP contribution in [0.25, 0.3) is 0 Å². The molecule has 0 aromatic heterocycles. The summed E-state index contributed by atoms with van der Waals surface area (Å²) in [5.41, 5.74) is 0. The second-order valence-electron chi connectivity index (χ2n) is 3.38. The average molecular weight is 205 g/mol. The zero-order valence-electron chi connectivity index (χ0n) is 8.05. The van der Waals surface area contributed by atoms with E-state index in [0.29, 0.717) is 18.3 Å². The van der Waals surface area contributed by atoms with E-state index in [1.807, 2.05) is 11.9 Å². The van der Waals surface area contributed by atoms with Crippen molar-refractivity contribution in [2.45, 2.75) is 25.3 Å². The van der Waals surface area contributed by atoms with Crippen molar-refractivity contribution in [3.63, 3.8) is 0 Å². The van der Waals surface area contributed by atoms with E-state index in [0.717, 1.165) is 25.9 Å². The first-order chi connectivity index (χ1) is 6.27. The Bertz CT molecular complexity index is 167. The lowest BCUT2D eigenvalue weighted by atomic mass is 10.1. The Hall–Kier alpha value is -0.280. The second-order valence-corrected chi connectivity index (χ2v) is 3.76. The molecule has 0 unspecified atom stereocenters. The molecule has 1 N–H and O–H groups in total. The topological polar surface area (TPSA) is 32.3 Å². The number of hydrogen-bond donors (Lipinski definition) is 1. The SMILES string of the molecule is CNC1CCN(C(=O)CCCl)CC1. The standard InChI is InChI=1S/C9H17ClN2O/c1-11-8-3-6-12(7-4-8)9(13)2-5-10/h8,11H,2-7H2,1H3. The van der Waals surface area contributed by atoms with Gasteiger partial charge in [0.15, 0.2) is 0 Å². The third-order valence-corrected chi connectivity index (χ3v) is 2.75. The zero-order valence-corrected chi connectivity index (χ0v) is 8.81. The number of carbonyl (C=O) groups excluding carboxylic acids is 1. The molecule has 76 valence electrons. The molecular weight excluding hydrogens is 188 g/mol. The van der Waals surface area contributed by atoms with E-state index in [1.54, 1.807) is 0 Å². The number of alkyl halides is 1. The Balaban J connectivity index is 2.28. The molecular formula is C9H17ClN2O. The van der Waals surface area contributed by atoms with E-state index in [1.165, 1.54) is 0 Å². The summed E-state index contributed by atoms with van der Waals surface area (Å²) in [6, 6.07) is 0.583. The summed E-state index contributed by atoms with van der Waals surface area (Å²) >= 11 is 5.51. The highest BCUT2D eigenvalue weighted by Crippen LogP contribution is 2.10. The van der Waals surface area contributed by atoms with Crippen LogP contribution in [0.1, 0.15) is 19.3 Å². The number of nitrogens with one attached hydrogen (secondary N) is 1. The van der Waals surface area contributed by atoms with Crippen molar-refractivity contribution in [2.24, 2.45) is 0 Å². The fourth-order valence-corrected chi connectivity index (χ4v) is 1.82. The van der Waals surface area contributed by atoms with Crippen molar-refractivity contribution in [2.75, 3.05) is 26.0 Å². The van der Waals surface area contributed by atoms with Gasteiger partial charge in [0.25, 0.3) is 0 Å². The van der Waals surface area contributed by atoms with Crippen LogP contribution in [0.5, 0.6) is 0 Å². The highest BCUT2D eigenvalue weighted by molar-refractivity contribution is 6.18. The number of rotatable bonds is 3. The van der Waals surface area contributed by atoms with Crippen LogP contribution < -0.4 is 5.32 Å². The maximum absolute atomic E-state index is 11.4. The molecule has 3 nitrogen and oxygen atoms in total. The molecule has 1 aliphatic rings. The van der Waals surface area contributed by atoms with Gasteiger partial charge in [-0.3, -0.25) is 4.79 Å². The largest absolute Gasteiger partial charge is 0.343 e. The van der Waals surface area contributed by atoms with Crippen molar-refractivity contribution < 1.29 is 4.79 Å². The van der Waals surface area contributed by atoms with Gasteiger partial charge in [0, 0.05) is 31.4 Å². The molecule has 0 aliphatic carbocycles. The van der Waals surface area contributed by atoms with E-state index in [4.69, 9.17) is 11.6 Å². The van der Waals surface area contributed by atoms with Gasteiger partial charge in [-0.15, -0.1) is 11.6 Å². The molecule has 1 heterocycles. The lowest BCUT2D eigenvalue weighted by molar-refractivity contribution is -0.131. The van der Waals surface area contributed by atoms with Crippen LogP contribution >= 0.6 is 11.6 Å². The van der Waals surface area contributed by atoms with Crippen LogP contribution in [0.3, 0.4) is 0 Å². The summed E-state index contributed by atoms with van der Waals surface area (Å²) in [5.74, 6) is 0.634. The first-order valence-electron chi connectivity index (χ1n) is 4.79. The molecule has 1 amide bonds. The van der Waals surface area contributed by atoms with Gasteiger partial charge in [-0.25, -0.2) is 0 Å². The number of nitrogens with zero attached hydrogens (tertiary/aromatic N) is 1. The molecule has 1 fully saturated rings. The predicted molar refractivity (Wildman–Crippen MR) is 54.0 cm³/mol. The van der Waals surface area contributed by atoms with Gasteiger partial charge >= 0.3 is 0 Å². The van der Waals surface area contributed by atoms with E-state index >= 15 is 0 Å². The number of amides is 1. The van der Waals surface area contributed by atoms with Crippen LogP contribution in [-0.2, 0) is 4.79 Å². The minimum absolute atomic E-state index is 0.199. The Morgan fingerprint density at radius 2 is 2.15 bits per heavy atom. The Morgan fingerprint density at radius 3 is 2.62 bits per heavy atom. The fourth-order valence-electron chi connectivity index (χ4n) is 1.66. The smallest absolute Gasteiger partial charge is 0.223 e. The summed E-state index contributed by atoms with van der Waals surface area (Å²) in [6.45, 7) is 1.75. The molecule has 0 radical (unpaired) electrons. The summed E-state index contributed by atoms with van der Waals surface area (Å²) in [5, 5.41) is 3.23. The number of likely N-dealkylation sites (tertiary alicyclic amines) is 1. The molecule has 0 aromatic carbocycles. The van der Waals surface area contributed by atoms with Crippen LogP contribution in [0, 0.1) is 0 Å². The molecule has 0 aromatic rings. The van der Waals surface area contributed by atoms with Crippen molar-refractivity contribution in [3.05, 3.63) is 0 Å². The van der Waals surface area contributed by atoms with E-state index in [-0.39, 0.29) is 5.91 Å². The lowest BCUT2D eigenvalue weighted by Gasteiger charge is -2.31. The number of halogens is 1. The molecule has 0 bridgehead atoms. The van der Waals surface area contributed by atoms with Gasteiger partial charge in [-0.1, -0.05) is 0 Å². The third kappa shape index (κ3) is 3.16. The molecule has 4 heteroatoms. The molecule has 1 saturated heterocycles. The minimum atomic E-state index is 0.199. The van der Waals surface area contributed by atoms with Crippen molar-refractivity contribution in [3.8, 4) is 0 Å². The van der Waals surface area contributed by atoms with Crippen molar-refractivity contribution in [1.29, 1.82) is 0 Å². The second kappa shape index (κ2) is 5.45.